The van der Waals surface area contributed by atoms with E-state index in [9.17, 15) is 19.5 Å². The molecule has 0 unspecified atom stereocenters. The molecule has 1 N–H and O–H groups in total. The van der Waals surface area contributed by atoms with Gasteiger partial charge in [-0.25, -0.2) is 9.59 Å². The molecule has 6 rings (SSSR count). The Kier molecular flexibility index (Phi) is 4.02. The van der Waals surface area contributed by atoms with E-state index >= 15 is 0 Å². The molecule has 182 valence electrons. The Hall–Kier alpha value is -2.45. The first-order chi connectivity index (χ1) is 15.8. The second-order valence-electron chi connectivity index (χ2n) is 11.9. The van der Waals surface area contributed by atoms with E-state index in [0.717, 1.165) is 0 Å². The van der Waals surface area contributed by atoms with Gasteiger partial charge < -0.3 is 23.7 Å². The summed E-state index contributed by atoms with van der Waals surface area (Å²) in [6.45, 7) is 9.39. The third-order valence-corrected chi connectivity index (χ3v) is 9.92. The number of aliphatic hydroxyl groups excluding tert-OH is 1. The van der Waals surface area contributed by atoms with Crippen molar-refractivity contribution in [1.82, 2.24) is 0 Å². The number of esters is 2. The summed E-state index contributed by atoms with van der Waals surface area (Å²) in [4.78, 5) is 39.7. The number of fused-ring (bicyclic) bond motifs is 3. The van der Waals surface area contributed by atoms with Crippen LogP contribution in [-0.4, -0.2) is 46.2 Å². The van der Waals surface area contributed by atoms with Gasteiger partial charge in [0, 0.05) is 35.3 Å². The SMILES string of the molecule is CC1(C)OC(=O)C=C[C@@]2(C)[C@@H]1CC(=O)[C@]1(C)[C@H]2[C@@H](O)C[C@@]2(C)[C@H](c3ccoc3)OC(=O)[C@H]3O[C@]321. The molecule has 1 spiro atoms. The van der Waals surface area contributed by atoms with Gasteiger partial charge in [-0.15, -0.1) is 0 Å². The molecule has 4 fully saturated rings. The van der Waals surface area contributed by atoms with Crippen molar-refractivity contribution >= 4 is 17.7 Å². The average Bonchev–Trinajstić information content (AvgIpc) is 3.34. The highest BCUT2D eigenvalue weighted by Crippen LogP contribution is 2.78. The second kappa shape index (κ2) is 6.21. The number of hydrogen-bond donors (Lipinski definition) is 1. The van der Waals surface area contributed by atoms with Gasteiger partial charge in [0.05, 0.1) is 24.0 Å². The number of ketones is 1. The van der Waals surface area contributed by atoms with Crippen molar-refractivity contribution in [2.24, 2.45) is 28.1 Å². The van der Waals surface area contributed by atoms with Gasteiger partial charge >= 0.3 is 11.9 Å². The number of Topliss-reactive ketones (excluding diaryl/α,β-unsaturated/α-hetero) is 1. The van der Waals surface area contributed by atoms with Crippen LogP contribution in [-0.2, 0) is 28.6 Å². The summed E-state index contributed by atoms with van der Waals surface area (Å²) in [5.74, 6) is -2.00. The minimum Gasteiger partial charge on any atom is -0.472 e. The van der Waals surface area contributed by atoms with Gasteiger partial charge in [-0.2, -0.15) is 0 Å². The molecule has 8 heteroatoms. The molecular weight excluding hydrogens is 440 g/mol. The first-order valence-corrected chi connectivity index (χ1v) is 11.9. The third kappa shape index (κ3) is 2.25. The van der Waals surface area contributed by atoms with E-state index in [-0.39, 0.29) is 24.5 Å². The molecule has 2 saturated heterocycles. The molecule has 5 aliphatic rings. The number of ether oxygens (including phenoxy) is 3. The van der Waals surface area contributed by atoms with Gasteiger partial charge in [0.2, 0.25) is 0 Å². The number of cyclic esters (lactones) is 2. The third-order valence-electron chi connectivity index (χ3n) is 9.92. The van der Waals surface area contributed by atoms with E-state index in [2.05, 4.69) is 0 Å². The maximum Gasteiger partial charge on any atom is 0.339 e. The van der Waals surface area contributed by atoms with Crippen LogP contribution in [0.3, 0.4) is 0 Å². The highest BCUT2D eigenvalue weighted by Gasteiger charge is 2.89. The summed E-state index contributed by atoms with van der Waals surface area (Å²) < 4.78 is 23.1. The number of allylic oxidation sites excluding steroid dienone is 1. The summed E-state index contributed by atoms with van der Waals surface area (Å²) >= 11 is 0. The van der Waals surface area contributed by atoms with Gasteiger partial charge in [0.25, 0.3) is 0 Å². The maximum absolute atomic E-state index is 14.2. The monoisotopic (exact) mass is 470 g/mol. The molecule has 9 atom stereocenters. The maximum atomic E-state index is 14.2. The summed E-state index contributed by atoms with van der Waals surface area (Å²) in [6, 6.07) is 1.74. The molecule has 34 heavy (non-hydrogen) atoms. The number of hydrogen-bond acceptors (Lipinski definition) is 8. The number of aliphatic hydroxyl groups is 1. The fraction of sp³-hybridized carbons (Fsp3) is 0.654. The Morgan fingerprint density at radius 3 is 2.47 bits per heavy atom. The van der Waals surface area contributed by atoms with Crippen LogP contribution in [0, 0.1) is 28.1 Å². The average molecular weight is 471 g/mol. The second-order valence-corrected chi connectivity index (χ2v) is 11.9. The van der Waals surface area contributed by atoms with Crippen LogP contribution in [0.25, 0.3) is 0 Å². The summed E-state index contributed by atoms with van der Waals surface area (Å²) in [7, 11) is 0. The van der Waals surface area contributed by atoms with E-state index in [1.165, 1.54) is 18.6 Å². The normalized spacial score (nSPS) is 50.6. The van der Waals surface area contributed by atoms with Crippen molar-refractivity contribution in [2.45, 2.75) is 77.0 Å². The van der Waals surface area contributed by atoms with E-state index in [1.54, 1.807) is 12.1 Å². The van der Waals surface area contributed by atoms with Crippen LogP contribution < -0.4 is 0 Å². The standard InChI is InChI=1S/C26H30O8/c1-22(2)15-10-16(28)25(5)18(23(15,3)8-6-17(29)33-22)14(27)11-24(4)19(13-7-9-31-12-13)32-21(30)20-26(24,25)34-20/h6-9,12,14-15,18-20,27H,10-11H2,1-5H3/t14-,15+,18-,19-,20+,23-,24-,25+,26+/m0/s1. The van der Waals surface area contributed by atoms with Crippen LogP contribution in [0.5, 0.6) is 0 Å². The summed E-state index contributed by atoms with van der Waals surface area (Å²) in [6.07, 6.45) is 4.12. The highest BCUT2D eigenvalue weighted by molar-refractivity contribution is 5.93. The highest BCUT2D eigenvalue weighted by atomic mass is 16.7. The van der Waals surface area contributed by atoms with E-state index in [4.69, 9.17) is 18.6 Å². The number of furan rings is 1. The lowest BCUT2D eigenvalue weighted by atomic mass is 9.37. The van der Waals surface area contributed by atoms with Crippen molar-refractivity contribution in [2.75, 3.05) is 0 Å². The fourth-order valence-electron chi connectivity index (χ4n) is 8.66. The van der Waals surface area contributed by atoms with E-state index < -0.39 is 63.6 Å². The zero-order valence-corrected chi connectivity index (χ0v) is 20.0. The number of carbonyl (C=O) groups excluding carboxylic acids is 3. The predicted molar refractivity (Wildman–Crippen MR) is 116 cm³/mol. The molecule has 0 aromatic carbocycles. The first kappa shape index (κ1) is 22.0. The lowest BCUT2D eigenvalue weighted by molar-refractivity contribution is -0.239. The van der Waals surface area contributed by atoms with Crippen molar-refractivity contribution < 1.29 is 38.1 Å². The number of carbonyl (C=O) groups is 3. The molecule has 8 nitrogen and oxygen atoms in total. The molecule has 0 bridgehead atoms. The van der Waals surface area contributed by atoms with Crippen LogP contribution in [0.15, 0.2) is 35.2 Å². The van der Waals surface area contributed by atoms with Crippen molar-refractivity contribution in [1.29, 1.82) is 0 Å². The van der Waals surface area contributed by atoms with Gasteiger partial charge in [0.1, 0.15) is 23.1 Å². The number of rotatable bonds is 1. The van der Waals surface area contributed by atoms with Crippen molar-refractivity contribution in [3.05, 3.63) is 36.3 Å². The van der Waals surface area contributed by atoms with Gasteiger partial charge in [-0.3, -0.25) is 4.79 Å². The van der Waals surface area contributed by atoms with Crippen LogP contribution >= 0.6 is 0 Å². The fourth-order valence-corrected chi connectivity index (χ4v) is 8.66. The molecule has 4 heterocycles. The Morgan fingerprint density at radius 2 is 1.79 bits per heavy atom. The molecule has 3 aliphatic heterocycles. The zero-order valence-electron chi connectivity index (χ0n) is 20.0. The quantitative estimate of drug-likeness (QED) is 0.492. The molecule has 1 aromatic rings. The van der Waals surface area contributed by atoms with Gasteiger partial charge in [-0.1, -0.05) is 19.9 Å². The van der Waals surface area contributed by atoms with Crippen LogP contribution in [0.4, 0.5) is 0 Å². The minimum absolute atomic E-state index is 0.0903. The molecule has 2 saturated carbocycles. The Bertz CT molecular complexity index is 1140. The van der Waals surface area contributed by atoms with Gasteiger partial charge in [0.15, 0.2) is 6.10 Å². The van der Waals surface area contributed by atoms with Crippen LogP contribution in [0.2, 0.25) is 0 Å². The smallest absolute Gasteiger partial charge is 0.339 e. The Morgan fingerprint density at radius 1 is 1.06 bits per heavy atom. The molecule has 1 aromatic heterocycles. The molecular formula is C26H30O8. The van der Waals surface area contributed by atoms with Crippen molar-refractivity contribution in [3.8, 4) is 0 Å². The molecule has 0 radical (unpaired) electrons. The molecule has 0 amide bonds. The van der Waals surface area contributed by atoms with Gasteiger partial charge in [-0.05, 0) is 38.7 Å². The predicted octanol–water partition coefficient (Wildman–Crippen LogP) is 2.90. The number of epoxide rings is 1. The first-order valence-electron chi connectivity index (χ1n) is 11.9. The topological polar surface area (TPSA) is 116 Å². The zero-order chi connectivity index (χ0) is 24.5. The van der Waals surface area contributed by atoms with E-state index in [1.807, 2.05) is 34.6 Å². The molecule has 2 aliphatic carbocycles. The lowest BCUT2D eigenvalue weighted by Crippen LogP contribution is -2.74. The van der Waals surface area contributed by atoms with E-state index in [0.29, 0.717) is 5.56 Å². The Balaban J connectivity index is 1.56. The minimum atomic E-state index is -1.19. The largest absolute Gasteiger partial charge is 0.472 e. The lowest BCUT2D eigenvalue weighted by Gasteiger charge is -2.66. The van der Waals surface area contributed by atoms with Crippen molar-refractivity contribution in [3.63, 3.8) is 0 Å². The van der Waals surface area contributed by atoms with Crippen LogP contribution in [0.1, 0.15) is 59.1 Å². The summed E-state index contributed by atoms with van der Waals surface area (Å²) in [5.41, 5.74) is -4.20. The Labute approximate surface area is 197 Å². The summed E-state index contributed by atoms with van der Waals surface area (Å²) in [5, 5.41) is 11.8.